The van der Waals surface area contributed by atoms with Crippen LogP contribution in [0.5, 0.6) is 0 Å². The monoisotopic (exact) mass is 574 g/mol. The summed E-state index contributed by atoms with van der Waals surface area (Å²) in [4.78, 5) is 58.4. The number of rotatable bonds is 16. The Morgan fingerprint density at radius 3 is 2.27 bits per heavy atom. The maximum atomic E-state index is 13.5. The van der Waals surface area contributed by atoms with Crippen molar-refractivity contribution in [3.63, 3.8) is 0 Å². The van der Waals surface area contributed by atoms with Gasteiger partial charge in [0.25, 0.3) is 0 Å². The molecule has 2 aromatic rings. The Bertz CT molecular complexity index is 1230. The van der Waals surface area contributed by atoms with Gasteiger partial charge < -0.3 is 48.3 Å². The molecule has 0 fully saturated rings. The van der Waals surface area contributed by atoms with Crippen LogP contribution in [0.2, 0.25) is 0 Å². The number of carbonyl (C=O) groups excluding carboxylic acids is 3. The predicted octanol–water partition coefficient (Wildman–Crippen LogP) is -0.943. The van der Waals surface area contributed by atoms with E-state index in [9.17, 15) is 29.4 Å². The van der Waals surface area contributed by atoms with Gasteiger partial charge in [-0.15, -0.1) is 0 Å². The second-order valence-corrected chi connectivity index (χ2v) is 10.1. The number of nitrogens with one attached hydrogen (secondary N) is 4. The Kier molecular flexibility index (Phi) is 12.5. The van der Waals surface area contributed by atoms with Gasteiger partial charge in [-0.1, -0.05) is 38.5 Å². The fraction of sp³-hybridized carbons (Fsp3) is 0.519. The van der Waals surface area contributed by atoms with Gasteiger partial charge in [-0.2, -0.15) is 0 Å². The molecular weight excluding hydrogens is 532 g/mol. The molecule has 0 saturated carbocycles. The molecular formula is C27H42N8O6. The lowest BCUT2D eigenvalue weighted by atomic mass is 9.96. The van der Waals surface area contributed by atoms with E-state index < -0.39 is 54.0 Å². The number of H-pyrrole nitrogens is 1. The highest BCUT2D eigenvalue weighted by Gasteiger charge is 2.33. The van der Waals surface area contributed by atoms with Crippen molar-refractivity contribution in [3.8, 4) is 0 Å². The molecule has 2 rings (SSSR count). The lowest BCUT2D eigenvalue weighted by molar-refractivity contribution is -0.142. The summed E-state index contributed by atoms with van der Waals surface area (Å²) in [7, 11) is 0. The third-order valence-corrected chi connectivity index (χ3v) is 6.91. The number of nitrogens with zero attached hydrogens (tertiary/aromatic N) is 1. The first-order valence-electron chi connectivity index (χ1n) is 13.5. The Morgan fingerprint density at radius 2 is 1.66 bits per heavy atom. The maximum Gasteiger partial charge on any atom is 0.326 e. The minimum absolute atomic E-state index is 0.0380. The van der Waals surface area contributed by atoms with Gasteiger partial charge in [0.1, 0.15) is 24.2 Å². The van der Waals surface area contributed by atoms with E-state index in [4.69, 9.17) is 17.2 Å². The number of amides is 3. The van der Waals surface area contributed by atoms with Crippen molar-refractivity contribution in [2.24, 2.45) is 28.1 Å². The van der Waals surface area contributed by atoms with Crippen LogP contribution in [0.25, 0.3) is 10.9 Å². The highest BCUT2D eigenvalue weighted by molar-refractivity contribution is 5.95. The highest BCUT2D eigenvalue weighted by Crippen LogP contribution is 2.20. The van der Waals surface area contributed by atoms with Gasteiger partial charge in [0.2, 0.25) is 17.7 Å². The Hall–Kier alpha value is -4.17. The topological polar surface area (TPSA) is 251 Å². The maximum absolute atomic E-state index is 13.5. The standard InChI is InChI=1S/C27H42N8O6/c1-4-14(2)22(35-24(38)21(28)15(3)36)25(39)34-20(12-16-13-32-18-9-6-5-8-17(16)18)23(37)33-19(26(40)41)10-7-11-31-27(29)30/h5-6,8-9,13-15,19-22,32,36H,4,7,10-12,28H2,1-3H3,(H,33,37)(H,34,39)(H,35,38)(H,40,41)(H4,29,30,31). The molecule has 14 nitrogen and oxygen atoms in total. The van der Waals surface area contributed by atoms with E-state index in [0.29, 0.717) is 12.8 Å². The van der Waals surface area contributed by atoms with Gasteiger partial charge in [0, 0.05) is 30.1 Å². The highest BCUT2D eigenvalue weighted by atomic mass is 16.4. The van der Waals surface area contributed by atoms with Crippen molar-refractivity contribution >= 4 is 40.6 Å². The van der Waals surface area contributed by atoms with Gasteiger partial charge in [0.15, 0.2) is 5.96 Å². The number of guanidine groups is 1. The van der Waals surface area contributed by atoms with Crippen LogP contribution in [0.4, 0.5) is 0 Å². The lowest BCUT2D eigenvalue weighted by Crippen LogP contribution is -2.60. The van der Waals surface area contributed by atoms with Gasteiger partial charge in [-0.05, 0) is 37.3 Å². The summed E-state index contributed by atoms with van der Waals surface area (Å²) in [6, 6.07) is 2.66. The summed E-state index contributed by atoms with van der Waals surface area (Å²) < 4.78 is 0. The molecule has 0 bridgehead atoms. The number of carboxylic acid groups (broad SMARTS) is 1. The molecule has 41 heavy (non-hydrogen) atoms. The second-order valence-electron chi connectivity index (χ2n) is 10.1. The number of aliphatic imine (C=N–C) groups is 1. The van der Waals surface area contributed by atoms with E-state index in [2.05, 4.69) is 25.9 Å². The second kappa shape index (κ2) is 15.6. The first-order chi connectivity index (χ1) is 19.3. The number of aliphatic hydroxyl groups is 1. The van der Waals surface area contributed by atoms with Crippen LogP contribution in [0.3, 0.4) is 0 Å². The zero-order valence-electron chi connectivity index (χ0n) is 23.6. The average Bonchev–Trinajstić information content (AvgIpc) is 3.34. The Labute approximate surface area is 238 Å². The molecule has 0 aliphatic carbocycles. The number of aromatic nitrogens is 1. The number of aliphatic hydroxyl groups excluding tert-OH is 1. The van der Waals surface area contributed by atoms with E-state index in [1.807, 2.05) is 31.2 Å². The molecule has 1 heterocycles. The summed E-state index contributed by atoms with van der Waals surface area (Å²) in [5.41, 5.74) is 17.9. The number of hydrogen-bond acceptors (Lipinski definition) is 7. The van der Waals surface area contributed by atoms with Crippen LogP contribution >= 0.6 is 0 Å². The molecule has 0 aliphatic rings. The minimum Gasteiger partial charge on any atom is -0.480 e. The summed E-state index contributed by atoms with van der Waals surface area (Å²) in [5, 5.41) is 28.1. The molecule has 1 aromatic heterocycles. The van der Waals surface area contributed by atoms with E-state index in [1.165, 1.54) is 6.92 Å². The molecule has 14 heteroatoms. The zero-order valence-corrected chi connectivity index (χ0v) is 23.6. The van der Waals surface area contributed by atoms with Gasteiger partial charge in [-0.3, -0.25) is 19.4 Å². The normalized spacial score (nSPS) is 15.5. The number of carboxylic acids is 1. The number of hydrogen-bond donors (Lipinski definition) is 9. The fourth-order valence-corrected chi connectivity index (χ4v) is 4.19. The third-order valence-electron chi connectivity index (χ3n) is 6.91. The van der Waals surface area contributed by atoms with Crippen molar-refractivity contribution in [3.05, 3.63) is 36.0 Å². The molecule has 0 radical (unpaired) electrons. The number of nitrogens with two attached hydrogens (primary N) is 3. The van der Waals surface area contributed by atoms with E-state index >= 15 is 0 Å². The van der Waals surface area contributed by atoms with Crippen LogP contribution < -0.4 is 33.2 Å². The van der Waals surface area contributed by atoms with Crippen molar-refractivity contribution in [1.29, 1.82) is 0 Å². The Balaban J connectivity index is 2.32. The quantitative estimate of drug-likeness (QED) is 0.0680. The van der Waals surface area contributed by atoms with E-state index in [-0.39, 0.29) is 31.3 Å². The molecule has 226 valence electrons. The van der Waals surface area contributed by atoms with Crippen molar-refractivity contribution in [1.82, 2.24) is 20.9 Å². The fourth-order valence-electron chi connectivity index (χ4n) is 4.19. The number of carbonyl (C=O) groups is 4. The molecule has 0 saturated heterocycles. The molecule has 1 aromatic carbocycles. The predicted molar refractivity (Wildman–Crippen MR) is 154 cm³/mol. The van der Waals surface area contributed by atoms with Crippen LogP contribution in [-0.2, 0) is 25.6 Å². The van der Waals surface area contributed by atoms with Crippen LogP contribution in [0, 0.1) is 5.92 Å². The SMILES string of the molecule is CCC(C)C(NC(=O)C(N)C(C)O)C(=O)NC(Cc1c[nH]c2ccccc12)C(=O)NC(CCCN=C(N)N)C(=O)O. The molecule has 0 spiro atoms. The molecule has 12 N–H and O–H groups in total. The van der Waals surface area contributed by atoms with Crippen molar-refractivity contribution < 1.29 is 29.4 Å². The van der Waals surface area contributed by atoms with Crippen LogP contribution in [0.1, 0.15) is 45.6 Å². The summed E-state index contributed by atoms with van der Waals surface area (Å²) in [5.74, 6) is -3.81. The first-order valence-corrected chi connectivity index (χ1v) is 13.5. The summed E-state index contributed by atoms with van der Waals surface area (Å²) in [6.45, 7) is 5.13. The first kappa shape index (κ1) is 33.0. The molecule has 3 amide bonds. The van der Waals surface area contributed by atoms with Crippen molar-refractivity contribution in [2.75, 3.05) is 6.54 Å². The largest absolute Gasteiger partial charge is 0.480 e. The smallest absolute Gasteiger partial charge is 0.326 e. The number of benzene rings is 1. The van der Waals surface area contributed by atoms with Gasteiger partial charge in [0.05, 0.1) is 6.10 Å². The number of aliphatic carboxylic acids is 1. The number of aromatic amines is 1. The van der Waals surface area contributed by atoms with Crippen LogP contribution in [-0.4, -0.2) is 81.7 Å². The number of fused-ring (bicyclic) bond motifs is 1. The minimum atomic E-state index is -1.26. The van der Waals surface area contributed by atoms with E-state index in [1.54, 1.807) is 13.1 Å². The van der Waals surface area contributed by atoms with Gasteiger partial charge >= 0.3 is 5.97 Å². The van der Waals surface area contributed by atoms with Gasteiger partial charge in [-0.25, -0.2) is 4.79 Å². The molecule has 6 atom stereocenters. The Morgan fingerprint density at radius 1 is 1.00 bits per heavy atom. The summed E-state index contributed by atoms with van der Waals surface area (Å²) in [6.07, 6.45) is 1.47. The summed E-state index contributed by atoms with van der Waals surface area (Å²) >= 11 is 0. The molecule has 6 unspecified atom stereocenters. The van der Waals surface area contributed by atoms with Crippen LogP contribution in [0.15, 0.2) is 35.5 Å². The molecule has 0 aliphatic heterocycles. The zero-order chi connectivity index (χ0) is 30.7. The lowest BCUT2D eigenvalue weighted by Gasteiger charge is -2.28. The number of para-hydroxylation sites is 1. The van der Waals surface area contributed by atoms with Crippen molar-refractivity contribution in [2.45, 2.75) is 76.7 Å². The van der Waals surface area contributed by atoms with E-state index in [0.717, 1.165) is 16.5 Å². The average molecular weight is 575 g/mol. The third kappa shape index (κ3) is 9.76.